The highest BCUT2D eigenvalue weighted by molar-refractivity contribution is 14.1. The molecule has 0 radical (unpaired) electrons. The van der Waals surface area contributed by atoms with Gasteiger partial charge in [-0.25, -0.2) is 7.50 Å². The van der Waals surface area contributed by atoms with Crippen molar-refractivity contribution >= 4 is 40.6 Å². The van der Waals surface area contributed by atoms with Crippen molar-refractivity contribution in [1.82, 2.24) is 13.7 Å². The van der Waals surface area contributed by atoms with Gasteiger partial charge in [0.05, 0.1) is 5.56 Å². The summed E-state index contributed by atoms with van der Waals surface area (Å²) in [6, 6.07) is 4.16. The van der Waals surface area contributed by atoms with Gasteiger partial charge in [0.15, 0.2) is 0 Å². The Kier molecular flexibility index (Phi) is 6.54. The third-order valence-electron chi connectivity index (χ3n) is 4.94. The first-order valence-electron chi connectivity index (χ1n) is 9.29. The van der Waals surface area contributed by atoms with Gasteiger partial charge in [-0.1, -0.05) is 0 Å². The van der Waals surface area contributed by atoms with E-state index in [-0.39, 0.29) is 30.4 Å². The molecule has 3 amide bonds. The summed E-state index contributed by atoms with van der Waals surface area (Å²) in [5, 5.41) is 4.62. The van der Waals surface area contributed by atoms with Crippen molar-refractivity contribution in [1.29, 1.82) is 0 Å². The standard InChI is InChI=1S/C19H23FIN3O4/c1-10(2)24(21)11-7-13(8-11)28-12-3-4-14(15(20)9-12)18(26)22-16-5-6-17(25)23-19(16)27/h3-4,9-11,13,16H,5-8H2,1-2H3,(H,22,26)(H,23,25,27)/t11?,13?,16-/m0/s1. The number of benzene rings is 1. The van der Waals surface area contributed by atoms with Crippen molar-refractivity contribution in [3.05, 3.63) is 29.6 Å². The lowest BCUT2D eigenvalue weighted by Gasteiger charge is -2.41. The van der Waals surface area contributed by atoms with Gasteiger partial charge in [0.2, 0.25) is 11.8 Å². The van der Waals surface area contributed by atoms with Gasteiger partial charge in [-0.2, -0.15) is 0 Å². The minimum absolute atomic E-state index is 0.0311. The molecule has 1 saturated carbocycles. The summed E-state index contributed by atoms with van der Waals surface area (Å²) in [6.45, 7) is 4.27. The molecule has 1 saturated heterocycles. The fraction of sp³-hybridized carbons (Fsp3) is 0.526. The predicted molar refractivity (Wildman–Crippen MR) is 108 cm³/mol. The van der Waals surface area contributed by atoms with Crippen LogP contribution in [0, 0.1) is 5.82 Å². The van der Waals surface area contributed by atoms with E-state index in [2.05, 4.69) is 50.5 Å². The zero-order valence-corrected chi connectivity index (χ0v) is 17.9. The molecule has 9 heteroatoms. The van der Waals surface area contributed by atoms with E-state index >= 15 is 0 Å². The molecule has 0 unspecified atom stereocenters. The Morgan fingerprint density at radius 2 is 2.07 bits per heavy atom. The Morgan fingerprint density at radius 1 is 1.36 bits per heavy atom. The molecular weight excluding hydrogens is 480 g/mol. The molecule has 0 bridgehead atoms. The fourth-order valence-electron chi connectivity index (χ4n) is 3.27. The molecular formula is C19H23FIN3O4. The van der Waals surface area contributed by atoms with Gasteiger partial charge in [0.1, 0.15) is 23.7 Å². The Bertz CT molecular complexity index is 782. The van der Waals surface area contributed by atoms with E-state index in [1.807, 2.05) is 0 Å². The van der Waals surface area contributed by atoms with Gasteiger partial charge in [0.25, 0.3) is 5.91 Å². The molecule has 2 N–H and O–H groups in total. The summed E-state index contributed by atoms with van der Waals surface area (Å²) < 4.78 is 22.5. The summed E-state index contributed by atoms with van der Waals surface area (Å²) in [5.74, 6) is -1.98. The van der Waals surface area contributed by atoms with E-state index in [0.29, 0.717) is 17.8 Å². The summed E-state index contributed by atoms with van der Waals surface area (Å²) in [5.41, 5.74) is -0.165. The quantitative estimate of drug-likeness (QED) is 0.354. The van der Waals surface area contributed by atoms with Crippen molar-refractivity contribution in [2.24, 2.45) is 0 Å². The van der Waals surface area contributed by atoms with Gasteiger partial charge < -0.3 is 10.1 Å². The molecule has 3 rings (SSSR count). The van der Waals surface area contributed by atoms with Crippen LogP contribution in [0.2, 0.25) is 0 Å². The number of halogens is 2. The van der Waals surface area contributed by atoms with Gasteiger partial charge in [-0.3, -0.25) is 19.7 Å². The summed E-state index contributed by atoms with van der Waals surface area (Å²) >= 11 is 2.32. The number of rotatable bonds is 6. The highest BCUT2D eigenvalue weighted by Gasteiger charge is 2.35. The average molecular weight is 503 g/mol. The minimum atomic E-state index is -0.843. The molecule has 1 aliphatic carbocycles. The average Bonchev–Trinajstić information content (AvgIpc) is 2.59. The fourth-order valence-corrected chi connectivity index (χ4v) is 3.72. The largest absolute Gasteiger partial charge is 0.490 e. The SMILES string of the molecule is CC(C)N(I)C1CC(Oc2ccc(C(=O)N[C@H]3CCC(=O)NC3=O)c(F)c2)C1. The number of ether oxygens (including phenoxy) is 1. The minimum Gasteiger partial charge on any atom is -0.490 e. The van der Waals surface area contributed by atoms with Gasteiger partial charge in [0, 0.05) is 60.3 Å². The second-order valence-electron chi connectivity index (χ2n) is 7.42. The van der Waals surface area contributed by atoms with Crippen LogP contribution in [0.5, 0.6) is 5.75 Å². The lowest BCUT2D eigenvalue weighted by Crippen LogP contribution is -2.52. The van der Waals surface area contributed by atoms with Crippen molar-refractivity contribution in [2.45, 2.75) is 63.8 Å². The van der Waals surface area contributed by atoms with Crippen molar-refractivity contribution in [3.8, 4) is 5.75 Å². The number of piperidine rings is 1. The van der Waals surface area contributed by atoms with Crippen LogP contribution in [0.25, 0.3) is 0 Å². The zero-order valence-electron chi connectivity index (χ0n) is 15.7. The molecule has 1 heterocycles. The Balaban J connectivity index is 1.55. The molecule has 2 fully saturated rings. The molecule has 7 nitrogen and oxygen atoms in total. The summed E-state index contributed by atoms with van der Waals surface area (Å²) in [7, 11) is 0. The smallest absolute Gasteiger partial charge is 0.254 e. The van der Waals surface area contributed by atoms with E-state index in [1.54, 1.807) is 6.07 Å². The number of nitrogens with one attached hydrogen (secondary N) is 2. The molecule has 152 valence electrons. The second kappa shape index (κ2) is 8.73. The third-order valence-corrected chi connectivity index (χ3v) is 6.85. The first-order chi connectivity index (χ1) is 13.2. The number of nitrogens with zero attached hydrogens (tertiary/aromatic N) is 1. The van der Waals surface area contributed by atoms with Crippen LogP contribution in [0.15, 0.2) is 18.2 Å². The molecule has 2 aliphatic rings. The highest BCUT2D eigenvalue weighted by Crippen LogP contribution is 2.33. The number of carbonyl (C=O) groups excluding carboxylic acids is 3. The maximum absolute atomic E-state index is 14.4. The number of hydrogen-bond acceptors (Lipinski definition) is 5. The Morgan fingerprint density at radius 3 is 2.68 bits per heavy atom. The predicted octanol–water partition coefficient (Wildman–Crippen LogP) is 2.33. The van der Waals surface area contributed by atoms with Crippen LogP contribution in [-0.2, 0) is 9.59 Å². The van der Waals surface area contributed by atoms with E-state index < -0.39 is 23.7 Å². The van der Waals surface area contributed by atoms with Crippen LogP contribution >= 0.6 is 22.9 Å². The maximum atomic E-state index is 14.4. The van der Waals surface area contributed by atoms with Crippen molar-refractivity contribution in [2.75, 3.05) is 0 Å². The van der Waals surface area contributed by atoms with Crippen LogP contribution < -0.4 is 15.4 Å². The number of imide groups is 1. The number of hydrogen-bond donors (Lipinski definition) is 2. The summed E-state index contributed by atoms with van der Waals surface area (Å²) in [4.78, 5) is 35.2. The molecule has 0 aromatic heterocycles. The maximum Gasteiger partial charge on any atom is 0.254 e. The third kappa shape index (κ3) is 4.80. The zero-order chi connectivity index (χ0) is 20.4. The first kappa shape index (κ1) is 21.0. The van der Waals surface area contributed by atoms with E-state index in [1.165, 1.54) is 12.1 Å². The normalized spacial score (nSPS) is 24.7. The number of amides is 3. The lowest BCUT2D eigenvalue weighted by molar-refractivity contribution is -0.134. The monoisotopic (exact) mass is 503 g/mol. The molecule has 1 aromatic rings. The van der Waals surface area contributed by atoms with Crippen LogP contribution in [-0.4, -0.2) is 45.1 Å². The second-order valence-corrected chi connectivity index (χ2v) is 8.54. The van der Waals surface area contributed by atoms with Gasteiger partial charge in [-0.05, 0) is 32.4 Å². The van der Waals surface area contributed by atoms with E-state index in [9.17, 15) is 18.8 Å². The molecule has 28 heavy (non-hydrogen) atoms. The molecule has 1 aliphatic heterocycles. The van der Waals surface area contributed by atoms with Crippen LogP contribution in [0.4, 0.5) is 4.39 Å². The number of carbonyl (C=O) groups is 3. The molecule has 0 spiro atoms. The summed E-state index contributed by atoms with van der Waals surface area (Å²) in [6.07, 6.45) is 2.12. The first-order valence-corrected chi connectivity index (χ1v) is 10.3. The van der Waals surface area contributed by atoms with Gasteiger partial charge >= 0.3 is 0 Å². The van der Waals surface area contributed by atoms with E-state index in [4.69, 9.17) is 4.74 Å². The van der Waals surface area contributed by atoms with Crippen LogP contribution in [0.3, 0.4) is 0 Å². The van der Waals surface area contributed by atoms with Crippen LogP contribution in [0.1, 0.15) is 49.9 Å². The Hall–Kier alpha value is -1.75. The Labute approximate surface area is 176 Å². The molecule has 1 aromatic carbocycles. The topological polar surface area (TPSA) is 87.7 Å². The van der Waals surface area contributed by atoms with E-state index in [0.717, 1.165) is 12.8 Å². The van der Waals surface area contributed by atoms with Crippen molar-refractivity contribution in [3.63, 3.8) is 0 Å². The lowest BCUT2D eigenvalue weighted by atomic mass is 9.88. The van der Waals surface area contributed by atoms with Gasteiger partial charge in [-0.15, -0.1) is 0 Å². The highest BCUT2D eigenvalue weighted by atomic mass is 127. The van der Waals surface area contributed by atoms with Crippen molar-refractivity contribution < 1.29 is 23.5 Å². The molecule has 1 atom stereocenters.